The Morgan fingerprint density at radius 3 is 1.44 bits per heavy atom. The van der Waals surface area contributed by atoms with Crippen molar-refractivity contribution in [2.75, 3.05) is 23.7 Å². The zero-order valence-electron chi connectivity index (χ0n) is 21.0. The van der Waals surface area contributed by atoms with E-state index in [9.17, 15) is 0 Å². The van der Waals surface area contributed by atoms with Gasteiger partial charge in [-0.25, -0.2) is 9.97 Å². The predicted octanol–water partition coefficient (Wildman–Crippen LogP) is 5.77. The lowest BCUT2D eigenvalue weighted by atomic mass is 10.4. The molecular weight excluding hydrogens is 499 g/mol. The molecule has 192 valence electrons. The van der Waals surface area contributed by atoms with Gasteiger partial charge in [-0.2, -0.15) is 19.9 Å². The molecule has 4 aromatic rings. The van der Waals surface area contributed by atoms with Crippen LogP contribution < -0.4 is 10.6 Å². The smallest absolute Gasteiger partial charge is 0.226 e. The third-order valence-corrected chi connectivity index (χ3v) is 6.75. The lowest BCUT2D eigenvalue weighted by molar-refractivity contribution is 0.612. The van der Waals surface area contributed by atoms with Crippen molar-refractivity contribution in [1.82, 2.24) is 39.0 Å². The maximum Gasteiger partial charge on any atom is 0.226 e. The van der Waals surface area contributed by atoms with Crippen LogP contribution in [0.2, 0.25) is 10.6 Å². The molecule has 2 N–H and O–H groups in total. The maximum absolute atomic E-state index is 5.99. The number of anilines is 2. The van der Waals surface area contributed by atoms with E-state index in [4.69, 9.17) is 23.2 Å². The first-order valence-electron chi connectivity index (χ1n) is 12.6. The van der Waals surface area contributed by atoms with Crippen LogP contribution in [-0.4, -0.2) is 52.1 Å². The first kappa shape index (κ1) is 25.0. The topological polar surface area (TPSA) is 111 Å². The predicted molar refractivity (Wildman–Crippen MR) is 144 cm³/mol. The monoisotopic (exact) mass is 530 g/mol. The highest BCUT2D eigenvalue weighted by Crippen LogP contribution is 2.31. The van der Waals surface area contributed by atoms with Gasteiger partial charge in [0.2, 0.25) is 10.6 Å². The number of hydrogen-bond donors (Lipinski definition) is 2. The highest BCUT2D eigenvalue weighted by Gasteiger charge is 2.23. The van der Waals surface area contributed by atoms with Gasteiger partial charge < -0.3 is 19.8 Å². The van der Waals surface area contributed by atoms with E-state index in [0.29, 0.717) is 12.1 Å². The Hall–Kier alpha value is -2.72. The number of fused-ring (bicyclic) bond motifs is 2. The average Bonchev–Trinajstić information content (AvgIpc) is 3.74. The van der Waals surface area contributed by atoms with Gasteiger partial charge in [0, 0.05) is 25.2 Å². The van der Waals surface area contributed by atoms with Gasteiger partial charge in [0.15, 0.2) is 34.0 Å². The number of hydrogen-bond acceptors (Lipinski definition) is 8. The molecular formula is C24H32Cl2N10. The molecule has 2 fully saturated rings. The molecule has 2 saturated carbocycles. The minimum Gasteiger partial charge on any atom is -0.368 e. The molecule has 4 heterocycles. The van der Waals surface area contributed by atoms with E-state index in [1.807, 2.05) is 9.13 Å². The van der Waals surface area contributed by atoms with Crippen molar-refractivity contribution in [2.24, 2.45) is 11.8 Å². The van der Waals surface area contributed by atoms with Crippen molar-refractivity contribution in [1.29, 1.82) is 0 Å². The van der Waals surface area contributed by atoms with Gasteiger partial charge >= 0.3 is 0 Å². The normalized spacial score (nSPS) is 15.6. The summed E-state index contributed by atoms with van der Waals surface area (Å²) in [5, 5.41) is 7.20. The van der Waals surface area contributed by atoms with Crippen LogP contribution in [0.1, 0.15) is 65.5 Å². The Bertz CT molecular complexity index is 1250. The quantitative estimate of drug-likeness (QED) is 0.276. The van der Waals surface area contributed by atoms with Gasteiger partial charge in [0.05, 0.1) is 12.7 Å². The molecule has 36 heavy (non-hydrogen) atoms. The molecule has 0 amide bonds. The summed E-state index contributed by atoms with van der Waals surface area (Å²) in [6, 6.07) is 0.606. The number of halogens is 2. The zero-order valence-corrected chi connectivity index (χ0v) is 22.6. The summed E-state index contributed by atoms with van der Waals surface area (Å²) in [7, 11) is 0. The second-order valence-electron chi connectivity index (χ2n) is 10.2. The summed E-state index contributed by atoms with van der Waals surface area (Å²) in [4.78, 5) is 25.8. The van der Waals surface area contributed by atoms with Crippen LogP contribution >= 0.6 is 23.2 Å². The lowest BCUT2D eigenvalue weighted by Gasteiger charge is -2.09. The molecule has 6 rings (SSSR count). The number of nitrogens with one attached hydrogen (secondary N) is 2. The third-order valence-electron chi connectivity index (χ3n) is 6.41. The largest absolute Gasteiger partial charge is 0.368 e. The molecule has 0 radical (unpaired) electrons. The summed E-state index contributed by atoms with van der Waals surface area (Å²) in [6.45, 7) is 10.2. The van der Waals surface area contributed by atoms with E-state index in [2.05, 4.69) is 68.2 Å². The van der Waals surface area contributed by atoms with E-state index >= 15 is 0 Å². The minimum absolute atomic E-state index is 0.267. The maximum atomic E-state index is 5.99. The van der Waals surface area contributed by atoms with Crippen LogP contribution in [-0.2, 0) is 0 Å². The van der Waals surface area contributed by atoms with E-state index in [1.54, 1.807) is 12.7 Å². The van der Waals surface area contributed by atoms with Gasteiger partial charge in [-0.1, -0.05) is 0 Å². The van der Waals surface area contributed by atoms with Crippen LogP contribution in [0.4, 0.5) is 11.6 Å². The molecule has 2 aliphatic carbocycles. The van der Waals surface area contributed by atoms with Crippen LogP contribution in [0.3, 0.4) is 0 Å². The van der Waals surface area contributed by atoms with E-state index in [-0.39, 0.29) is 10.6 Å². The summed E-state index contributed by atoms with van der Waals surface area (Å²) >= 11 is 12.0. The summed E-state index contributed by atoms with van der Waals surface area (Å²) in [6.07, 6.45) is 8.79. The van der Waals surface area contributed by atoms with Crippen LogP contribution in [0.15, 0.2) is 12.7 Å². The fraction of sp³-hybridized carbons (Fsp3) is 0.583. The van der Waals surface area contributed by atoms with E-state index in [0.717, 1.165) is 58.9 Å². The third kappa shape index (κ3) is 5.64. The molecule has 0 atom stereocenters. The van der Waals surface area contributed by atoms with Gasteiger partial charge in [0.1, 0.15) is 0 Å². The standard InChI is InChI=1S/2C12H16ClN5/c2*1-7(2)18-6-15-9-10(14-5-8-3-4-8)16-12(13)17-11(9)18/h2*6-8H,3-5H2,1-2H3,(H,14,16,17). The van der Waals surface area contributed by atoms with Crippen molar-refractivity contribution in [3.8, 4) is 0 Å². The summed E-state index contributed by atoms with van der Waals surface area (Å²) in [5.41, 5.74) is 3.19. The Labute approximate surface area is 220 Å². The molecule has 0 aliphatic heterocycles. The number of aromatic nitrogens is 8. The van der Waals surface area contributed by atoms with Gasteiger partial charge in [-0.05, 0) is 88.4 Å². The van der Waals surface area contributed by atoms with E-state index in [1.165, 1.54) is 25.7 Å². The Balaban J connectivity index is 0.000000148. The first-order valence-corrected chi connectivity index (χ1v) is 13.3. The fourth-order valence-electron chi connectivity index (χ4n) is 3.91. The lowest BCUT2D eigenvalue weighted by Crippen LogP contribution is -2.07. The summed E-state index contributed by atoms with van der Waals surface area (Å²) in [5.74, 6) is 3.05. The molecule has 0 unspecified atom stereocenters. The molecule has 0 bridgehead atoms. The zero-order chi connectivity index (χ0) is 25.4. The molecule has 4 aromatic heterocycles. The second kappa shape index (κ2) is 10.3. The van der Waals surface area contributed by atoms with Crippen LogP contribution in [0.5, 0.6) is 0 Å². The van der Waals surface area contributed by atoms with Crippen LogP contribution in [0.25, 0.3) is 22.3 Å². The van der Waals surface area contributed by atoms with Gasteiger partial charge in [-0.15, -0.1) is 0 Å². The number of imidazole rings is 2. The first-order chi connectivity index (χ1) is 17.3. The number of rotatable bonds is 8. The van der Waals surface area contributed by atoms with Crippen molar-refractivity contribution >= 4 is 57.2 Å². The Morgan fingerprint density at radius 1 is 0.722 bits per heavy atom. The summed E-state index contributed by atoms with van der Waals surface area (Å²) < 4.78 is 4.01. The van der Waals surface area contributed by atoms with Crippen molar-refractivity contribution in [3.05, 3.63) is 23.2 Å². The molecule has 0 saturated heterocycles. The molecule has 2 aliphatic rings. The van der Waals surface area contributed by atoms with Crippen LogP contribution in [0, 0.1) is 11.8 Å². The van der Waals surface area contributed by atoms with Gasteiger partial charge in [-0.3, -0.25) is 0 Å². The fourth-order valence-corrected chi connectivity index (χ4v) is 4.24. The molecule has 0 aromatic carbocycles. The van der Waals surface area contributed by atoms with Crippen molar-refractivity contribution in [2.45, 2.75) is 65.5 Å². The van der Waals surface area contributed by atoms with Crippen molar-refractivity contribution < 1.29 is 0 Å². The van der Waals surface area contributed by atoms with Gasteiger partial charge in [0.25, 0.3) is 0 Å². The van der Waals surface area contributed by atoms with E-state index < -0.39 is 0 Å². The highest BCUT2D eigenvalue weighted by molar-refractivity contribution is 6.29. The highest BCUT2D eigenvalue weighted by atomic mass is 35.5. The Morgan fingerprint density at radius 2 is 1.11 bits per heavy atom. The second-order valence-corrected chi connectivity index (χ2v) is 10.8. The minimum atomic E-state index is 0.267. The molecule has 10 nitrogen and oxygen atoms in total. The molecule has 0 spiro atoms. The average molecular weight is 531 g/mol. The molecule has 12 heteroatoms. The SMILES string of the molecule is CC(C)n1cnc2c(NCC3CC3)nc(Cl)nc21.CC(C)n1cnc2c(NCC3CC3)nc(Cl)nc21. The Kier molecular flexibility index (Phi) is 7.16. The van der Waals surface area contributed by atoms with Crippen molar-refractivity contribution in [3.63, 3.8) is 0 Å². The number of nitrogens with zero attached hydrogens (tertiary/aromatic N) is 8.